The molecule has 6 nitrogen and oxygen atoms in total. The number of hydrogen-bond acceptors (Lipinski definition) is 6. The summed E-state index contributed by atoms with van der Waals surface area (Å²) in [7, 11) is 2.01. The minimum absolute atomic E-state index is 0.178. The first kappa shape index (κ1) is 14.3. The Labute approximate surface area is 123 Å². The fourth-order valence-corrected chi connectivity index (χ4v) is 2.92. The van der Waals surface area contributed by atoms with Crippen molar-refractivity contribution >= 4 is 0 Å². The highest BCUT2D eigenvalue weighted by Crippen LogP contribution is 2.25. The Bertz CT molecular complexity index is 552. The van der Waals surface area contributed by atoms with Crippen molar-refractivity contribution in [2.75, 3.05) is 13.6 Å². The van der Waals surface area contributed by atoms with Gasteiger partial charge in [-0.1, -0.05) is 18.0 Å². The van der Waals surface area contributed by atoms with Crippen LogP contribution in [0.15, 0.2) is 27.3 Å². The Morgan fingerprint density at radius 2 is 2.24 bits per heavy atom. The van der Waals surface area contributed by atoms with Crippen LogP contribution in [0.4, 0.5) is 0 Å². The van der Waals surface area contributed by atoms with Crippen LogP contribution in [0.5, 0.6) is 0 Å². The van der Waals surface area contributed by atoms with E-state index in [2.05, 4.69) is 15.0 Å². The van der Waals surface area contributed by atoms with Crippen LogP contribution in [0.2, 0.25) is 0 Å². The minimum atomic E-state index is -0.178. The van der Waals surface area contributed by atoms with Gasteiger partial charge in [0.15, 0.2) is 5.76 Å². The zero-order chi connectivity index (χ0) is 14.7. The summed E-state index contributed by atoms with van der Waals surface area (Å²) >= 11 is 0. The van der Waals surface area contributed by atoms with Crippen LogP contribution in [0, 0.1) is 5.92 Å². The van der Waals surface area contributed by atoms with Crippen molar-refractivity contribution in [3.8, 4) is 11.6 Å². The third-order valence-corrected chi connectivity index (χ3v) is 4.03. The van der Waals surface area contributed by atoms with Gasteiger partial charge in [0.2, 0.25) is 11.7 Å². The van der Waals surface area contributed by atoms with Crippen molar-refractivity contribution in [3.63, 3.8) is 0 Å². The molecule has 0 amide bonds. The molecule has 0 saturated heterocycles. The molecule has 2 heterocycles. The summed E-state index contributed by atoms with van der Waals surface area (Å²) in [6.45, 7) is 1.43. The molecule has 1 aliphatic rings. The molecule has 114 valence electrons. The van der Waals surface area contributed by atoms with Gasteiger partial charge in [-0.25, -0.2) is 0 Å². The lowest BCUT2D eigenvalue weighted by atomic mass is 9.86. The first-order valence-corrected chi connectivity index (χ1v) is 7.45. The van der Waals surface area contributed by atoms with E-state index in [0.717, 1.165) is 25.8 Å². The highest BCUT2D eigenvalue weighted by atomic mass is 16.5. The van der Waals surface area contributed by atoms with Crippen molar-refractivity contribution < 1.29 is 14.0 Å². The maximum atomic E-state index is 10.0. The number of aromatic nitrogens is 2. The van der Waals surface area contributed by atoms with Crippen LogP contribution in [0.1, 0.15) is 31.6 Å². The minimum Gasteiger partial charge on any atom is -0.461 e. The predicted octanol–water partition coefficient (Wildman–Crippen LogP) is 2.31. The smallest absolute Gasteiger partial charge is 0.241 e. The summed E-state index contributed by atoms with van der Waals surface area (Å²) in [5.41, 5.74) is 0. The molecular weight excluding hydrogens is 270 g/mol. The lowest BCUT2D eigenvalue weighted by molar-refractivity contribution is 0.0484. The Balaban J connectivity index is 1.56. The molecule has 0 radical (unpaired) electrons. The second-order valence-electron chi connectivity index (χ2n) is 5.80. The van der Waals surface area contributed by atoms with Gasteiger partial charge in [0.1, 0.15) is 0 Å². The molecular formula is C15H21N3O3. The fraction of sp³-hybridized carbons (Fsp3) is 0.600. The molecule has 0 aliphatic heterocycles. The van der Waals surface area contributed by atoms with Crippen molar-refractivity contribution in [2.45, 2.75) is 38.3 Å². The first-order chi connectivity index (χ1) is 10.2. The van der Waals surface area contributed by atoms with E-state index in [9.17, 15) is 5.11 Å². The van der Waals surface area contributed by atoms with Gasteiger partial charge in [-0.2, -0.15) is 4.98 Å². The first-order valence-electron chi connectivity index (χ1n) is 7.45. The van der Waals surface area contributed by atoms with E-state index in [-0.39, 0.29) is 6.10 Å². The molecule has 0 bridgehead atoms. The van der Waals surface area contributed by atoms with E-state index in [1.54, 1.807) is 18.4 Å². The lowest BCUT2D eigenvalue weighted by Gasteiger charge is -2.30. The average Bonchev–Trinajstić information content (AvgIpc) is 3.12. The molecule has 2 aromatic heterocycles. The quantitative estimate of drug-likeness (QED) is 0.911. The molecule has 6 heteroatoms. The molecule has 2 unspecified atom stereocenters. The summed E-state index contributed by atoms with van der Waals surface area (Å²) in [5, 5.41) is 13.9. The number of nitrogens with zero attached hydrogens (tertiary/aromatic N) is 3. The summed E-state index contributed by atoms with van der Waals surface area (Å²) < 4.78 is 10.5. The van der Waals surface area contributed by atoms with Gasteiger partial charge in [-0.05, 0) is 37.9 Å². The summed E-state index contributed by atoms with van der Waals surface area (Å²) in [6.07, 6.45) is 5.76. The second kappa shape index (κ2) is 6.41. The van der Waals surface area contributed by atoms with E-state index in [1.807, 2.05) is 7.05 Å². The lowest BCUT2D eigenvalue weighted by Crippen LogP contribution is -2.34. The third-order valence-electron chi connectivity index (χ3n) is 4.03. The summed E-state index contributed by atoms with van der Waals surface area (Å²) in [4.78, 5) is 6.45. The van der Waals surface area contributed by atoms with E-state index >= 15 is 0 Å². The molecule has 21 heavy (non-hydrogen) atoms. The van der Waals surface area contributed by atoms with E-state index < -0.39 is 0 Å². The Morgan fingerprint density at radius 1 is 1.38 bits per heavy atom. The van der Waals surface area contributed by atoms with Crippen LogP contribution in [0.3, 0.4) is 0 Å². The largest absolute Gasteiger partial charge is 0.461 e. The zero-order valence-electron chi connectivity index (χ0n) is 12.2. The number of furan rings is 1. The standard InChI is InChI=1S/C15H21N3O3/c1-18(9-11-5-2-3-6-12(11)19)10-14-16-15(17-21-14)13-7-4-8-20-13/h4,7-8,11-12,19H,2-3,5-6,9-10H2,1H3. The summed E-state index contributed by atoms with van der Waals surface area (Å²) in [6, 6.07) is 3.60. The highest BCUT2D eigenvalue weighted by Gasteiger charge is 2.24. The van der Waals surface area contributed by atoms with Crippen LogP contribution in [-0.4, -0.2) is 39.8 Å². The van der Waals surface area contributed by atoms with Crippen molar-refractivity contribution in [1.29, 1.82) is 0 Å². The van der Waals surface area contributed by atoms with Gasteiger partial charge in [0.05, 0.1) is 18.9 Å². The maximum absolute atomic E-state index is 10.0. The molecule has 1 N–H and O–H groups in total. The molecule has 0 spiro atoms. The van der Waals surface area contributed by atoms with Crippen LogP contribution < -0.4 is 0 Å². The summed E-state index contributed by atoms with van der Waals surface area (Å²) in [5.74, 6) is 1.99. The SMILES string of the molecule is CN(Cc1nc(-c2ccco2)no1)CC1CCCCC1O. The molecule has 1 saturated carbocycles. The van der Waals surface area contributed by atoms with E-state index in [4.69, 9.17) is 8.94 Å². The Morgan fingerprint density at radius 3 is 3.00 bits per heavy atom. The Kier molecular flexibility index (Phi) is 4.36. The highest BCUT2D eigenvalue weighted by molar-refractivity contribution is 5.44. The topological polar surface area (TPSA) is 75.5 Å². The van der Waals surface area contributed by atoms with E-state index in [0.29, 0.717) is 29.9 Å². The monoisotopic (exact) mass is 291 g/mol. The molecule has 2 aromatic rings. The zero-order valence-corrected chi connectivity index (χ0v) is 12.2. The van der Waals surface area contributed by atoms with Gasteiger partial charge in [0.25, 0.3) is 0 Å². The van der Waals surface area contributed by atoms with Gasteiger partial charge in [-0.15, -0.1) is 0 Å². The van der Waals surface area contributed by atoms with Crippen LogP contribution in [0.25, 0.3) is 11.6 Å². The molecule has 1 fully saturated rings. The normalized spacial score (nSPS) is 22.8. The van der Waals surface area contributed by atoms with Crippen LogP contribution in [-0.2, 0) is 6.54 Å². The van der Waals surface area contributed by atoms with Crippen LogP contribution >= 0.6 is 0 Å². The number of aliphatic hydroxyl groups excluding tert-OH is 1. The van der Waals surface area contributed by atoms with Crippen molar-refractivity contribution in [3.05, 3.63) is 24.3 Å². The van der Waals surface area contributed by atoms with Crippen molar-refractivity contribution in [2.24, 2.45) is 5.92 Å². The second-order valence-corrected chi connectivity index (χ2v) is 5.80. The van der Waals surface area contributed by atoms with Crippen molar-refractivity contribution in [1.82, 2.24) is 15.0 Å². The maximum Gasteiger partial charge on any atom is 0.241 e. The number of hydrogen-bond donors (Lipinski definition) is 1. The van der Waals surface area contributed by atoms with Gasteiger partial charge >= 0.3 is 0 Å². The average molecular weight is 291 g/mol. The van der Waals surface area contributed by atoms with Gasteiger partial charge in [0, 0.05) is 6.54 Å². The molecule has 0 aromatic carbocycles. The third kappa shape index (κ3) is 3.51. The van der Waals surface area contributed by atoms with Gasteiger partial charge < -0.3 is 14.0 Å². The molecule has 2 atom stereocenters. The molecule has 3 rings (SSSR count). The number of rotatable bonds is 5. The Hall–Kier alpha value is -1.66. The van der Waals surface area contributed by atoms with Gasteiger partial charge in [-0.3, -0.25) is 4.90 Å². The number of aliphatic hydroxyl groups is 1. The predicted molar refractivity (Wildman–Crippen MR) is 76.3 cm³/mol. The fourth-order valence-electron chi connectivity index (χ4n) is 2.92. The van der Waals surface area contributed by atoms with E-state index in [1.165, 1.54) is 6.42 Å². The molecule has 1 aliphatic carbocycles.